The molecule has 3 aromatic rings. The maximum Gasteiger partial charge on any atom is 0.224 e. The van der Waals surface area contributed by atoms with Crippen molar-refractivity contribution in [2.75, 3.05) is 7.05 Å². The summed E-state index contributed by atoms with van der Waals surface area (Å²) in [4.78, 5) is 9.78. The van der Waals surface area contributed by atoms with Crippen LogP contribution in [-0.4, -0.2) is 18.0 Å². The van der Waals surface area contributed by atoms with Gasteiger partial charge in [-0.05, 0) is 42.1 Å². The summed E-state index contributed by atoms with van der Waals surface area (Å²) in [5.74, 6) is 1.17. The first-order valence-corrected chi connectivity index (χ1v) is 9.38. The minimum Gasteiger partial charge on any atom is -0.439 e. The van der Waals surface area contributed by atoms with Crippen LogP contribution >= 0.6 is 35.3 Å². The standard InChI is InChI=1S/C20H21FN4OS.HI/c1-14-8-10-27-18(14)13-25-20(22-2)24-12-15-5-4-9-23-19(15)26-17-7-3-6-16(21)11-17;/h3-11H,12-13H2,1-2H3,(H2,22,24,25);1H. The lowest BCUT2D eigenvalue weighted by atomic mass is 10.2. The van der Waals surface area contributed by atoms with Crippen molar-refractivity contribution in [2.45, 2.75) is 20.0 Å². The van der Waals surface area contributed by atoms with E-state index >= 15 is 0 Å². The molecule has 0 amide bonds. The third-order valence-corrected chi connectivity index (χ3v) is 4.94. The zero-order chi connectivity index (χ0) is 19.1. The zero-order valence-electron chi connectivity index (χ0n) is 15.6. The summed E-state index contributed by atoms with van der Waals surface area (Å²) < 4.78 is 19.1. The molecular weight excluding hydrogens is 490 g/mol. The van der Waals surface area contributed by atoms with Crippen LogP contribution in [0.25, 0.3) is 0 Å². The predicted molar refractivity (Wildman–Crippen MR) is 122 cm³/mol. The van der Waals surface area contributed by atoms with Crippen LogP contribution in [0.1, 0.15) is 16.0 Å². The SMILES string of the molecule is CN=C(NCc1cccnc1Oc1cccc(F)c1)NCc1sccc1C.I. The van der Waals surface area contributed by atoms with Crippen molar-refractivity contribution in [1.82, 2.24) is 15.6 Å². The lowest BCUT2D eigenvalue weighted by Gasteiger charge is -2.14. The highest BCUT2D eigenvalue weighted by Gasteiger charge is 2.08. The van der Waals surface area contributed by atoms with Gasteiger partial charge in [-0.3, -0.25) is 4.99 Å². The molecule has 0 bridgehead atoms. The number of nitrogens with one attached hydrogen (secondary N) is 2. The molecule has 1 aromatic carbocycles. The second-order valence-corrected chi connectivity index (χ2v) is 6.83. The van der Waals surface area contributed by atoms with Crippen molar-refractivity contribution < 1.29 is 9.13 Å². The highest BCUT2D eigenvalue weighted by Crippen LogP contribution is 2.23. The Hall–Kier alpha value is -2.20. The average molecular weight is 512 g/mol. The Labute approximate surface area is 185 Å². The van der Waals surface area contributed by atoms with Gasteiger partial charge in [0.25, 0.3) is 0 Å². The Morgan fingerprint density at radius 2 is 2.00 bits per heavy atom. The lowest BCUT2D eigenvalue weighted by Crippen LogP contribution is -2.36. The van der Waals surface area contributed by atoms with Crippen molar-refractivity contribution in [2.24, 2.45) is 4.99 Å². The van der Waals surface area contributed by atoms with Crippen LogP contribution in [0, 0.1) is 12.7 Å². The first kappa shape index (κ1) is 22.1. The van der Waals surface area contributed by atoms with E-state index in [4.69, 9.17) is 4.74 Å². The summed E-state index contributed by atoms with van der Waals surface area (Å²) in [5.41, 5.74) is 2.11. The summed E-state index contributed by atoms with van der Waals surface area (Å²) >= 11 is 1.72. The number of hydrogen-bond donors (Lipinski definition) is 2. The summed E-state index contributed by atoms with van der Waals surface area (Å²) in [6.45, 7) is 3.28. The van der Waals surface area contributed by atoms with Gasteiger partial charge in [0.2, 0.25) is 5.88 Å². The van der Waals surface area contributed by atoms with Crippen LogP contribution in [0.15, 0.2) is 59.0 Å². The van der Waals surface area contributed by atoms with Crippen LogP contribution in [-0.2, 0) is 13.1 Å². The molecule has 0 aliphatic rings. The van der Waals surface area contributed by atoms with Crippen molar-refractivity contribution in [1.29, 1.82) is 0 Å². The number of guanidine groups is 1. The quantitative estimate of drug-likeness (QED) is 0.281. The summed E-state index contributed by atoms with van der Waals surface area (Å²) in [5, 5.41) is 8.63. The van der Waals surface area contributed by atoms with Gasteiger partial charge in [0.15, 0.2) is 5.96 Å². The molecule has 0 aliphatic carbocycles. The number of aromatic nitrogens is 1. The van der Waals surface area contributed by atoms with Gasteiger partial charge in [-0.1, -0.05) is 12.1 Å². The van der Waals surface area contributed by atoms with E-state index < -0.39 is 0 Å². The van der Waals surface area contributed by atoms with Gasteiger partial charge in [-0.2, -0.15) is 0 Å². The molecule has 0 atom stereocenters. The Morgan fingerprint density at radius 3 is 2.71 bits per heavy atom. The minimum atomic E-state index is -0.350. The normalized spacial score (nSPS) is 10.9. The van der Waals surface area contributed by atoms with Gasteiger partial charge >= 0.3 is 0 Å². The number of aryl methyl sites for hydroxylation is 1. The van der Waals surface area contributed by atoms with Gasteiger partial charge in [0, 0.05) is 36.3 Å². The molecule has 0 fully saturated rings. The van der Waals surface area contributed by atoms with E-state index in [1.807, 2.05) is 12.1 Å². The Morgan fingerprint density at radius 1 is 1.18 bits per heavy atom. The molecule has 28 heavy (non-hydrogen) atoms. The number of hydrogen-bond acceptors (Lipinski definition) is 4. The fraction of sp³-hybridized carbons (Fsp3) is 0.200. The first-order valence-electron chi connectivity index (χ1n) is 8.50. The maximum atomic E-state index is 13.4. The molecule has 2 heterocycles. The average Bonchev–Trinajstić information content (AvgIpc) is 3.08. The topological polar surface area (TPSA) is 58.5 Å². The molecule has 0 saturated heterocycles. The van der Waals surface area contributed by atoms with E-state index in [-0.39, 0.29) is 29.8 Å². The Balaban J connectivity index is 0.00000280. The smallest absolute Gasteiger partial charge is 0.224 e. The van der Waals surface area contributed by atoms with Crippen molar-refractivity contribution >= 4 is 41.3 Å². The van der Waals surface area contributed by atoms with E-state index in [1.165, 1.54) is 22.6 Å². The largest absolute Gasteiger partial charge is 0.439 e. The highest BCUT2D eigenvalue weighted by atomic mass is 127. The van der Waals surface area contributed by atoms with Crippen molar-refractivity contribution in [3.05, 3.63) is 75.9 Å². The molecule has 2 N–H and O–H groups in total. The predicted octanol–water partition coefficient (Wildman–Crippen LogP) is 4.87. The number of rotatable bonds is 6. The molecule has 0 saturated carbocycles. The van der Waals surface area contributed by atoms with E-state index in [0.717, 1.165) is 5.56 Å². The molecule has 5 nitrogen and oxygen atoms in total. The molecule has 0 radical (unpaired) electrons. The second kappa shape index (κ2) is 11.0. The molecular formula is C20H22FIN4OS. The van der Waals surface area contributed by atoms with Crippen molar-refractivity contribution in [3.8, 4) is 11.6 Å². The number of thiophene rings is 1. The molecule has 0 spiro atoms. The summed E-state index contributed by atoms with van der Waals surface area (Å²) in [7, 11) is 1.73. The number of nitrogens with zero attached hydrogens (tertiary/aromatic N) is 2. The number of halogens is 2. The maximum absolute atomic E-state index is 13.4. The van der Waals surface area contributed by atoms with Crippen LogP contribution < -0.4 is 15.4 Å². The molecule has 3 rings (SSSR count). The molecule has 2 aromatic heterocycles. The fourth-order valence-electron chi connectivity index (χ4n) is 2.44. The van der Waals surface area contributed by atoms with Gasteiger partial charge in [0.05, 0.1) is 6.54 Å². The fourth-order valence-corrected chi connectivity index (χ4v) is 3.29. The van der Waals surface area contributed by atoms with E-state index in [2.05, 4.69) is 39.0 Å². The second-order valence-electron chi connectivity index (χ2n) is 5.83. The molecule has 0 aliphatic heterocycles. The Kier molecular flexibility index (Phi) is 8.65. The monoisotopic (exact) mass is 512 g/mol. The lowest BCUT2D eigenvalue weighted by molar-refractivity contribution is 0.450. The highest BCUT2D eigenvalue weighted by molar-refractivity contribution is 14.0. The van der Waals surface area contributed by atoms with Crippen LogP contribution in [0.5, 0.6) is 11.6 Å². The van der Waals surface area contributed by atoms with Gasteiger partial charge in [-0.15, -0.1) is 35.3 Å². The number of benzene rings is 1. The third-order valence-electron chi connectivity index (χ3n) is 3.92. The molecule has 148 valence electrons. The van der Waals surface area contributed by atoms with Crippen LogP contribution in [0.2, 0.25) is 0 Å². The number of ether oxygens (including phenoxy) is 1. The van der Waals surface area contributed by atoms with Gasteiger partial charge in [-0.25, -0.2) is 9.37 Å². The van der Waals surface area contributed by atoms with E-state index in [9.17, 15) is 4.39 Å². The van der Waals surface area contributed by atoms with Crippen LogP contribution in [0.4, 0.5) is 4.39 Å². The van der Waals surface area contributed by atoms with Gasteiger partial charge in [0.1, 0.15) is 11.6 Å². The zero-order valence-corrected chi connectivity index (χ0v) is 18.8. The summed E-state index contributed by atoms with van der Waals surface area (Å²) in [6, 6.07) is 11.8. The van der Waals surface area contributed by atoms with E-state index in [1.54, 1.807) is 36.7 Å². The van der Waals surface area contributed by atoms with Gasteiger partial charge < -0.3 is 15.4 Å². The van der Waals surface area contributed by atoms with E-state index in [0.29, 0.717) is 30.7 Å². The Bertz CT molecular complexity index is 932. The minimum absolute atomic E-state index is 0. The molecule has 8 heteroatoms. The number of aliphatic imine (C=N–C) groups is 1. The first-order chi connectivity index (χ1) is 13.2. The summed E-state index contributed by atoms with van der Waals surface area (Å²) in [6.07, 6.45) is 1.64. The van der Waals surface area contributed by atoms with Crippen LogP contribution in [0.3, 0.4) is 0 Å². The number of pyridine rings is 1. The van der Waals surface area contributed by atoms with Crippen molar-refractivity contribution in [3.63, 3.8) is 0 Å². The third kappa shape index (κ3) is 6.16. The molecule has 0 unspecified atom stereocenters.